The third-order valence-corrected chi connectivity index (χ3v) is 2.25. The smallest absolute Gasteiger partial charge is 0.0706 e. The largest absolute Gasteiger partial charge is 0.326 e. The second kappa shape index (κ2) is 3.32. The lowest BCUT2D eigenvalue weighted by Crippen LogP contribution is -1.97. The number of nitrogens with two attached hydrogens (primary N) is 1. The van der Waals surface area contributed by atoms with Crippen LogP contribution in [-0.4, -0.2) is 4.98 Å². The van der Waals surface area contributed by atoms with Crippen molar-refractivity contribution in [3.8, 4) is 0 Å². The number of benzene rings is 1. The van der Waals surface area contributed by atoms with E-state index in [0.29, 0.717) is 6.54 Å². The fourth-order valence-electron chi connectivity index (χ4n) is 1.35. The van der Waals surface area contributed by atoms with Crippen molar-refractivity contribution >= 4 is 22.5 Å². The Hall–Kier alpha value is -1.12. The van der Waals surface area contributed by atoms with Crippen molar-refractivity contribution in [2.45, 2.75) is 6.54 Å². The molecule has 0 aliphatic heterocycles. The lowest BCUT2D eigenvalue weighted by Gasteiger charge is -2.02. The molecular weight excluding hydrogens is 184 g/mol. The van der Waals surface area contributed by atoms with Gasteiger partial charge in [-0.2, -0.15) is 0 Å². The minimum atomic E-state index is 0.513. The molecule has 0 spiro atoms. The molecule has 0 bridgehead atoms. The fraction of sp³-hybridized carbons (Fsp3) is 0.100. The van der Waals surface area contributed by atoms with Crippen LogP contribution in [-0.2, 0) is 6.54 Å². The van der Waals surface area contributed by atoms with Crippen molar-refractivity contribution in [1.29, 1.82) is 0 Å². The summed E-state index contributed by atoms with van der Waals surface area (Å²) in [5, 5.41) is 1.76. The van der Waals surface area contributed by atoms with Gasteiger partial charge in [-0.15, -0.1) is 0 Å². The van der Waals surface area contributed by atoms with Crippen molar-refractivity contribution in [3.63, 3.8) is 0 Å². The second-order valence-corrected chi connectivity index (χ2v) is 3.27. The number of pyridine rings is 1. The van der Waals surface area contributed by atoms with E-state index in [1.807, 2.05) is 24.3 Å². The number of halogens is 1. The Balaban J connectivity index is 2.79. The first-order valence-corrected chi connectivity index (χ1v) is 4.42. The number of hydrogen-bond acceptors (Lipinski definition) is 2. The van der Waals surface area contributed by atoms with Crippen LogP contribution in [0.2, 0.25) is 5.02 Å². The summed E-state index contributed by atoms with van der Waals surface area (Å²) in [6.07, 6.45) is 1.76. The van der Waals surface area contributed by atoms with E-state index in [0.717, 1.165) is 21.5 Å². The summed E-state index contributed by atoms with van der Waals surface area (Å²) in [6, 6.07) is 7.54. The van der Waals surface area contributed by atoms with Gasteiger partial charge in [0.1, 0.15) is 0 Å². The van der Waals surface area contributed by atoms with Gasteiger partial charge in [0.25, 0.3) is 0 Å². The Morgan fingerprint density at radius 2 is 2.15 bits per heavy atom. The maximum atomic E-state index is 5.88. The summed E-state index contributed by atoms with van der Waals surface area (Å²) in [6.45, 7) is 0.513. The molecule has 2 aromatic rings. The monoisotopic (exact) mass is 192 g/mol. The Kier molecular flexibility index (Phi) is 2.17. The molecule has 0 saturated heterocycles. The maximum absolute atomic E-state index is 5.88. The predicted molar refractivity (Wildman–Crippen MR) is 54.6 cm³/mol. The zero-order valence-corrected chi connectivity index (χ0v) is 7.75. The topological polar surface area (TPSA) is 38.9 Å². The highest BCUT2D eigenvalue weighted by Gasteiger charge is 2.00. The Morgan fingerprint density at radius 1 is 1.31 bits per heavy atom. The van der Waals surface area contributed by atoms with Crippen LogP contribution < -0.4 is 5.73 Å². The van der Waals surface area contributed by atoms with Gasteiger partial charge in [0.2, 0.25) is 0 Å². The number of nitrogens with zero attached hydrogens (tertiary/aromatic N) is 1. The standard InChI is InChI=1S/C10H9ClN2/c11-8-1-2-10-9(5-8)7(6-12)3-4-13-10/h1-5H,6,12H2. The van der Waals surface area contributed by atoms with E-state index in [-0.39, 0.29) is 0 Å². The van der Waals surface area contributed by atoms with E-state index < -0.39 is 0 Å². The van der Waals surface area contributed by atoms with E-state index in [9.17, 15) is 0 Å². The van der Waals surface area contributed by atoms with Gasteiger partial charge < -0.3 is 5.73 Å². The summed E-state index contributed by atoms with van der Waals surface area (Å²) >= 11 is 5.88. The van der Waals surface area contributed by atoms with Crippen LogP contribution in [0.5, 0.6) is 0 Å². The summed E-state index contributed by atoms with van der Waals surface area (Å²) in [4.78, 5) is 4.22. The van der Waals surface area contributed by atoms with Crippen molar-refractivity contribution < 1.29 is 0 Å². The molecule has 0 aliphatic carbocycles. The lowest BCUT2D eigenvalue weighted by molar-refractivity contribution is 1.08. The summed E-state index contributed by atoms with van der Waals surface area (Å²) in [5.74, 6) is 0. The molecule has 1 aromatic carbocycles. The van der Waals surface area contributed by atoms with Crippen molar-refractivity contribution in [1.82, 2.24) is 4.98 Å². The van der Waals surface area contributed by atoms with Gasteiger partial charge in [-0.05, 0) is 29.8 Å². The third-order valence-electron chi connectivity index (χ3n) is 2.01. The molecule has 13 heavy (non-hydrogen) atoms. The molecule has 0 amide bonds. The first kappa shape index (κ1) is 8.48. The van der Waals surface area contributed by atoms with Gasteiger partial charge in [0, 0.05) is 23.2 Å². The normalized spacial score (nSPS) is 10.6. The average molecular weight is 193 g/mol. The highest BCUT2D eigenvalue weighted by atomic mass is 35.5. The van der Waals surface area contributed by atoms with Crippen LogP contribution in [0.15, 0.2) is 30.5 Å². The number of hydrogen-bond donors (Lipinski definition) is 1. The van der Waals surface area contributed by atoms with Gasteiger partial charge in [0.05, 0.1) is 5.52 Å². The molecule has 0 saturated carbocycles. The molecule has 1 heterocycles. The quantitative estimate of drug-likeness (QED) is 0.754. The van der Waals surface area contributed by atoms with Gasteiger partial charge in [-0.3, -0.25) is 4.98 Å². The van der Waals surface area contributed by atoms with Crippen LogP contribution in [0.4, 0.5) is 0 Å². The van der Waals surface area contributed by atoms with E-state index >= 15 is 0 Å². The fourth-order valence-corrected chi connectivity index (χ4v) is 1.53. The second-order valence-electron chi connectivity index (χ2n) is 2.84. The zero-order valence-electron chi connectivity index (χ0n) is 7.00. The Bertz CT molecular complexity index is 440. The van der Waals surface area contributed by atoms with Crippen molar-refractivity contribution in [2.24, 2.45) is 5.73 Å². The van der Waals surface area contributed by atoms with Crippen molar-refractivity contribution in [2.75, 3.05) is 0 Å². The van der Waals surface area contributed by atoms with Gasteiger partial charge in [-0.25, -0.2) is 0 Å². The molecule has 0 aliphatic rings. The molecule has 0 fully saturated rings. The molecule has 3 heteroatoms. The molecule has 0 unspecified atom stereocenters. The first-order valence-electron chi connectivity index (χ1n) is 4.04. The van der Waals surface area contributed by atoms with E-state index in [1.54, 1.807) is 6.20 Å². The van der Waals surface area contributed by atoms with Gasteiger partial charge >= 0.3 is 0 Å². The predicted octanol–water partition coefficient (Wildman–Crippen LogP) is 2.35. The SMILES string of the molecule is NCc1ccnc2ccc(Cl)cc12. The summed E-state index contributed by atoms with van der Waals surface area (Å²) < 4.78 is 0. The van der Waals surface area contributed by atoms with E-state index in [2.05, 4.69) is 4.98 Å². The molecule has 66 valence electrons. The molecule has 0 atom stereocenters. The average Bonchev–Trinajstić information content (AvgIpc) is 2.17. The molecule has 0 radical (unpaired) electrons. The molecular formula is C10H9ClN2. The highest BCUT2D eigenvalue weighted by Crippen LogP contribution is 2.20. The summed E-state index contributed by atoms with van der Waals surface area (Å²) in [7, 11) is 0. The summed E-state index contributed by atoms with van der Waals surface area (Å²) in [5.41, 5.74) is 7.61. The number of fused-ring (bicyclic) bond motifs is 1. The molecule has 2 nitrogen and oxygen atoms in total. The van der Waals surface area contributed by atoms with Crippen LogP contribution in [0.3, 0.4) is 0 Å². The molecule has 2 N–H and O–H groups in total. The van der Waals surface area contributed by atoms with Gasteiger partial charge in [0.15, 0.2) is 0 Å². The van der Waals surface area contributed by atoms with Crippen LogP contribution in [0.25, 0.3) is 10.9 Å². The van der Waals surface area contributed by atoms with Crippen LogP contribution in [0, 0.1) is 0 Å². The first-order chi connectivity index (χ1) is 6.31. The van der Waals surface area contributed by atoms with Gasteiger partial charge in [-0.1, -0.05) is 11.6 Å². The Morgan fingerprint density at radius 3 is 2.92 bits per heavy atom. The van der Waals surface area contributed by atoms with Crippen LogP contribution in [0.1, 0.15) is 5.56 Å². The third kappa shape index (κ3) is 1.50. The molecule has 2 rings (SSSR count). The number of aromatic nitrogens is 1. The van der Waals surface area contributed by atoms with Crippen molar-refractivity contribution in [3.05, 3.63) is 41.0 Å². The zero-order chi connectivity index (χ0) is 9.26. The highest BCUT2D eigenvalue weighted by molar-refractivity contribution is 6.31. The van der Waals surface area contributed by atoms with E-state index in [4.69, 9.17) is 17.3 Å². The minimum Gasteiger partial charge on any atom is -0.326 e. The number of rotatable bonds is 1. The minimum absolute atomic E-state index is 0.513. The maximum Gasteiger partial charge on any atom is 0.0706 e. The lowest BCUT2D eigenvalue weighted by atomic mass is 10.1. The Labute approximate surface area is 81.3 Å². The van der Waals surface area contributed by atoms with E-state index in [1.165, 1.54) is 0 Å². The van der Waals surface area contributed by atoms with Crippen LogP contribution >= 0.6 is 11.6 Å². The molecule has 1 aromatic heterocycles.